The Morgan fingerprint density at radius 2 is 2.05 bits per heavy atom. The van der Waals surface area contributed by atoms with Crippen molar-refractivity contribution in [2.45, 2.75) is 0 Å². The van der Waals surface area contributed by atoms with Gasteiger partial charge in [0.2, 0.25) is 0 Å². The number of nitrogen functional groups attached to an aromatic ring is 1. The molecule has 1 aromatic carbocycles. The molecule has 2 aromatic rings. The van der Waals surface area contributed by atoms with Crippen LogP contribution >= 0.6 is 0 Å². The quantitative estimate of drug-likeness (QED) is 0.562. The molecule has 0 atom stereocenters. The fraction of sp³-hybridized carbons (Fsp3) is 0.154. The Kier molecular flexibility index (Phi) is 3.69. The number of aromatic amines is 1. The third-order valence-electron chi connectivity index (χ3n) is 2.78. The first-order valence-corrected chi connectivity index (χ1v) is 5.73. The van der Waals surface area contributed by atoms with Crippen molar-refractivity contribution in [1.29, 1.82) is 5.41 Å². The number of ether oxygens (including phenoxy) is 2. The molecule has 0 aliphatic rings. The van der Waals surface area contributed by atoms with Crippen molar-refractivity contribution < 1.29 is 9.47 Å². The summed E-state index contributed by atoms with van der Waals surface area (Å²) >= 11 is 0. The molecule has 0 fully saturated rings. The van der Waals surface area contributed by atoms with Crippen LogP contribution in [-0.2, 0) is 0 Å². The molecule has 0 amide bonds. The number of H-pyrrole nitrogens is 1. The molecule has 0 bridgehead atoms. The normalized spacial score (nSPS) is 10.1. The molecule has 0 aliphatic carbocycles. The van der Waals surface area contributed by atoms with E-state index in [1.54, 1.807) is 25.3 Å². The van der Waals surface area contributed by atoms with E-state index in [0.717, 1.165) is 0 Å². The Morgan fingerprint density at radius 3 is 2.65 bits per heavy atom. The molecule has 2 rings (SSSR count). The highest BCUT2D eigenvalue weighted by molar-refractivity contribution is 5.95. The van der Waals surface area contributed by atoms with E-state index in [0.29, 0.717) is 22.8 Å². The molecule has 20 heavy (non-hydrogen) atoms. The maximum atomic E-state index is 11.5. The lowest BCUT2D eigenvalue weighted by Gasteiger charge is -2.10. The minimum Gasteiger partial charge on any atom is -0.497 e. The molecular weight excluding hydrogens is 260 g/mol. The summed E-state index contributed by atoms with van der Waals surface area (Å²) in [6.07, 6.45) is 0. The Bertz CT molecular complexity index is 709. The monoisotopic (exact) mass is 274 g/mol. The van der Waals surface area contributed by atoms with E-state index in [9.17, 15) is 4.79 Å². The maximum Gasteiger partial charge on any atom is 0.275 e. The average molecular weight is 274 g/mol. The lowest BCUT2D eigenvalue weighted by Crippen LogP contribution is -2.24. The van der Waals surface area contributed by atoms with Gasteiger partial charge in [-0.2, -0.15) is 5.10 Å². The molecule has 0 saturated heterocycles. The van der Waals surface area contributed by atoms with Crippen LogP contribution in [0.25, 0.3) is 11.3 Å². The summed E-state index contributed by atoms with van der Waals surface area (Å²) in [7, 11) is 3.08. The number of nitrogens with one attached hydrogen (secondary N) is 2. The van der Waals surface area contributed by atoms with Gasteiger partial charge in [-0.05, 0) is 18.2 Å². The van der Waals surface area contributed by atoms with Gasteiger partial charge in [0.15, 0.2) is 0 Å². The number of nitrogens with two attached hydrogens (primary N) is 1. The van der Waals surface area contributed by atoms with Crippen LogP contribution in [0.1, 0.15) is 5.56 Å². The third-order valence-corrected chi connectivity index (χ3v) is 2.78. The van der Waals surface area contributed by atoms with Crippen molar-refractivity contribution in [2.24, 2.45) is 5.73 Å². The summed E-state index contributed by atoms with van der Waals surface area (Å²) in [5, 5.41) is 13.6. The smallest absolute Gasteiger partial charge is 0.275 e. The van der Waals surface area contributed by atoms with Crippen molar-refractivity contribution in [1.82, 2.24) is 10.2 Å². The van der Waals surface area contributed by atoms with E-state index in [1.165, 1.54) is 13.2 Å². The van der Waals surface area contributed by atoms with Crippen LogP contribution in [0.15, 0.2) is 29.1 Å². The van der Waals surface area contributed by atoms with E-state index in [4.69, 9.17) is 20.6 Å². The van der Waals surface area contributed by atoms with Crippen LogP contribution in [0, 0.1) is 5.41 Å². The molecular formula is C13H14N4O3. The molecule has 0 spiro atoms. The summed E-state index contributed by atoms with van der Waals surface area (Å²) in [4.78, 5) is 11.5. The minimum absolute atomic E-state index is 0.0628. The molecule has 0 saturated carbocycles. The van der Waals surface area contributed by atoms with Gasteiger partial charge in [0, 0.05) is 11.6 Å². The molecule has 7 heteroatoms. The summed E-state index contributed by atoms with van der Waals surface area (Å²) in [6.45, 7) is 0. The Labute approximate surface area is 114 Å². The highest BCUT2D eigenvalue weighted by Crippen LogP contribution is 2.31. The van der Waals surface area contributed by atoms with E-state index in [1.807, 2.05) is 0 Å². The molecule has 0 unspecified atom stereocenters. The molecule has 7 nitrogen and oxygen atoms in total. The van der Waals surface area contributed by atoms with Crippen LogP contribution in [0.3, 0.4) is 0 Å². The van der Waals surface area contributed by atoms with Crippen LogP contribution < -0.4 is 20.8 Å². The second kappa shape index (κ2) is 5.43. The number of benzene rings is 1. The number of rotatable bonds is 4. The lowest BCUT2D eigenvalue weighted by atomic mass is 10.1. The number of methoxy groups -OCH3 is 2. The van der Waals surface area contributed by atoms with E-state index in [-0.39, 0.29) is 11.4 Å². The SMILES string of the molecule is COc1ccc(-c2cc(C(=N)N)c(=O)[nH]n2)c(OC)c1. The third kappa shape index (κ3) is 2.46. The first kappa shape index (κ1) is 13.6. The zero-order valence-corrected chi connectivity index (χ0v) is 11.1. The number of hydrogen-bond acceptors (Lipinski definition) is 5. The largest absolute Gasteiger partial charge is 0.497 e. The van der Waals surface area contributed by atoms with Gasteiger partial charge in [-0.15, -0.1) is 0 Å². The van der Waals surface area contributed by atoms with E-state index >= 15 is 0 Å². The molecule has 4 N–H and O–H groups in total. The minimum atomic E-state index is -0.506. The van der Waals surface area contributed by atoms with Crippen molar-refractivity contribution in [3.05, 3.63) is 40.2 Å². The van der Waals surface area contributed by atoms with E-state index < -0.39 is 5.56 Å². The molecule has 104 valence electrons. The number of amidine groups is 1. The summed E-state index contributed by atoms with van der Waals surface area (Å²) in [5.41, 5.74) is 6.03. The predicted molar refractivity (Wildman–Crippen MR) is 74.4 cm³/mol. The van der Waals surface area contributed by atoms with Crippen LogP contribution in [0.2, 0.25) is 0 Å². The zero-order valence-electron chi connectivity index (χ0n) is 11.1. The number of nitrogens with zero attached hydrogens (tertiary/aromatic N) is 1. The van der Waals surface area contributed by atoms with Crippen LogP contribution in [0.4, 0.5) is 0 Å². The van der Waals surface area contributed by atoms with Crippen LogP contribution in [0.5, 0.6) is 11.5 Å². The Hall–Kier alpha value is -2.83. The Morgan fingerprint density at radius 1 is 1.30 bits per heavy atom. The van der Waals surface area contributed by atoms with Crippen molar-refractivity contribution in [3.8, 4) is 22.8 Å². The van der Waals surface area contributed by atoms with E-state index in [2.05, 4.69) is 10.2 Å². The fourth-order valence-electron chi connectivity index (χ4n) is 1.75. The average Bonchev–Trinajstić information content (AvgIpc) is 2.46. The van der Waals surface area contributed by atoms with Gasteiger partial charge >= 0.3 is 0 Å². The first-order valence-electron chi connectivity index (χ1n) is 5.73. The van der Waals surface area contributed by atoms with Crippen LogP contribution in [-0.4, -0.2) is 30.3 Å². The number of hydrogen-bond donors (Lipinski definition) is 3. The number of aromatic nitrogens is 2. The first-order chi connectivity index (χ1) is 9.56. The Balaban J connectivity index is 2.59. The summed E-state index contributed by atoms with van der Waals surface area (Å²) in [5.74, 6) is 0.864. The molecule has 1 heterocycles. The maximum absolute atomic E-state index is 11.5. The summed E-state index contributed by atoms with van der Waals surface area (Å²) in [6, 6.07) is 6.65. The topological polar surface area (TPSA) is 114 Å². The fourth-order valence-corrected chi connectivity index (χ4v) is 1.75. The van der Waals surface area contributed by atoms with Gasteiger partial charge in [-0.1, -0.05) is 0 Å². The zero-order chi connectivity index (χ0) is 14.7. The van der Waals surface area contributed by atoms with Gasteiger partial charge in [0.1, 0.15) is 17.3 Å². The van der Waals surface area contributed by atoms with Crippen molar-refractivity contribution in [3.63, 3.8) is 0 Å². The molecule has 0 aliphatic heterocycles. The van der Waals surface area contributed by atoms with Crippen molar-refractivity contribution in [2.75, 3.05) is 14.2 Å². The standard InChI is InChI=1S/C13H14N4O3/c1-19-7-3-4-8(11(5-7)20-2)10-6-9(12(14)15)13(18)17-16-10/h3-6H,1-2H3,(H3,14,15)(H,17,18). The van der Waals surface area contributed by atoms with Gasteiger partial charge in [-0.3, -0.25) is 10.2 Å². The molecule has 1 aromatic heterocycles. The molecule has 0 radical (unpaired) electrons. The van der Waals surface area contributed by atoms with Gasteiger partial charge in [0.05, 0.1) is 25.5 Å². The van der Waals surface area contributed by atoms with Gasteiger partial charge in [0.25, 0.3) is 5.56 Å². The van der Waals surface area contributed by atoms with Crippen molar-refractivity contribution >= 4 is 5.84 Å². The second-order valence-corrected chi connectivity index (χ2v) is 3.98. The highest BCUT2D eigenvalue weighted by Gasteiger charge is 2.12. The van der Waals surface area contributed by atoms with Gasteiger partial charge in [-0.25, -0.2) is 5.10 Å². The second-order valence-electron chi connectivity index (χ2n) is 3.98. The lowest BCUT2D eigenvalue weighted by molar-refractivity contribution is 0.395. The predicted octanol–water partition coefficient (Wildman–Crippen LogP) is 0.738. The summed E-state index contributed by atoms with van der Waals surface area (Å²) < 4.78 is 10.4. The van der Waals surface area contributed by atoms with Gasteiger partial charge < -0.3 is 15.2 Å². The highest BCUT2D eigenvalue weighted by atomic mass is 16.5.